The molecule has 1 rings (SSSR count). The molecule has 7 nitrogen and oxygen atoms in total. The lowest BCUT2D eigenvalue weighted by Crippen LogP contribution is -2.42. The molecule has 0 aromatic rings. The van der Waals surface area contributed by atoms with E-state index in [4.69, 9.17) is 9.79 Å². The van der Waals surface area contributed by atoms with E-state index >= 15 is 0 Å². The average molecular weight is 355 g/mol. The minimum Gasteiger partial charge on any atom is -0.510 e. The summed E-state index contributed by atoms with van der Waals surface area (Å²) in [6, 6.07) is -0.655. The normalized spacial score (nSPS) is 20.3. The fraction of sp³-hybridized carbons (Fsp3) is 0.615. The van der Waals surface area contributed by atoms with Crippen molar-refractivity contribution in [3.8, 4) is 0 Å². The van der Waals surface area contributed by atoms with Gasteiger partial charge in [-0.1, -0.05) is 6.92 Å². The third-order valence-electron chi connectivity index (χ3n) is 3.81. The smallest absolute Gasteiger partial charge is 0.407 e. The third-order valence-corrected chi connectivity index (χ3v) is 4.74. The van der Waals surface area contributed by atoms with Crippen LogP contribution >= 0.6 is 7.60 Å². The highest BCUT2D eigenvalue weighted by Gasteiger charge is 2.58. The number of allylic oxidation sites excluding steroid dienone is 1. The second-order valence-corrected chi connectivity index (χ2v) is 6.72. The van der Waals surface area contributed by atoms with Crippen molar-refractivity contribution in [3.63, 3.8) is 0 Å². The lowest BCUT2D eigenvalue weighted by Gasteiger charge is -2.38. The number of Topliss-reactive ketones (excluding diaryl/α,β-unsaturated/α-hetero) is 1. The van der Waals surface area contributed by atoms with Crippen molar-refractivity contribution >= 4 is 13.4 Å². The largest absolute Gasteiger partial charge is 0.510 e. The molecule has 23 heavy (non-hydrogen) atoms. The number of rotatable bonds is 6. The lowest BCUT2D eigenvalue weighted by atomic mass is 9.90. The number of ketones is 1. The molecule has 1 aliphatic rings. The van der Waals surface area contributed by atoms with Gasteiger partial charge in [0.05, 0.1) is 18.2 Å². The lowest BCUT2D eigenvalue weighted by molar-refractivity contribution is -0.131. The summed E-state index contributed by atoms with van der Waals surface area (Å²) < 4.78 is 38.6. The van der Waals surface area contributed by atoms with Crippen LogP contribution in [0.15, 0.2) is 22.6 Å². The van der Waals surface area contributed by atoms with Gasteiger partial charge in [0.15, 0.2) is 0 Å². The molecule has 0 aromatic carbocycles. The second-order valence-electron chi connectivity index (χ2n) is 5.07. The molecule has 0 saturated heterocycles. The summed E-state index contributed by atoms with van der Waals surface area (Å²) in [7, 11) is -6.05. The van der Waals surface area contributed by atoms with E-state index < -0.39 is 48.6 Å². The van der Waals surface area contributed by atoms with Gasteiger partial charge in [0.2, 0.25) is 5.78 Å². The average Bonchev–Trinajstić information content (AvgIpc) is 2.47. The Morgan fingerprint density at radius 3 is 2.22 bits per heavy atom. The van der Waals surface area contributed by atoms with Crippen LogP contribution in [0.3, 0.4) is 0 Å². The molecule has 0 saturated carbocycles. The Bertz CT molecular complexity index is 610. The zero-order chi connectivity index (χ0) is 18.2. The highest BCUT2D eigenvalue weighted by molar-refractivity contribution is 7.54. The fourth-order valence-electron chi connectivity index (χ4n) is 2.63. The van der Waals surface area contributed by atoms with E-state index in [0.717, 1.165) is 0 Å². The molecule has 1 unspecified atom stereocenters. The summed E-state index contributed by atoms with van der Waals surface area (Å²) in [5.74, 6) is -2.58. The van der Waals surface area contributed by atoms with Crippen LogP contribution in [0.2, 0.25) is 0 Å². The van der Waals surface area contributed by atoms with Crippen LogP contribution in [0.5, 0.6) is 0 Å². The van der Waals surface area contributed by atoms with Gasteiger partial charge in [-0.2, -0.15) is 8.78 Å². The number of alkyl halides is 2. The van der Waals surface area contributed by atoms with Gasteiger partial charge in [0.1, 0.15) is 5.76 Å². The van der Waals surface area contributed by atoms with E-state index in [1.807, 2.05) is 0 Å². The van der Waals surface area contributed by atoms with Crippen molar-refractivity contribution in [2.24, 2.45) is 0 Å². The van der Waals surface area contributed by atoms with Crippen molar-refractivity contribution in [1.82, 2.24) is 4.90 Å². The van der Waals surface area contributed by atoms with Crippen molar-refractivity contribution in [2.75, 3.05) is 13.2 Å². The van der Waals surface area contributed by atoms with Gasteiger partial charge < -0.3 is 24.9 Å². The second kappa shape index (κ2) is 6.68. The first-order valence-electron chi connectivity index (χ1n) is 6.96. The van der Waals surface area contributed by atoms with Crippen molar-refractivity contribution in [3.05, 3.63) is 22.6 Å². The standard InChI is InChI=1S/C13H20F2NO6P/c1-4-9-10(12(19)13(14,15)23(20,21)22)8(6-17)11(18)7(3)16(9)5-2/h7,17-18H,4-6H2,1-3H3,(H2,20,21,22). The molecule has 0 amide bonds. The highest BCUT2D eigenvalue weighted by atomic mass is 31.2. The van der Waals surface area contributed by atoms with Crippen LogP contribution in [-0.2, 0) is 9.36 Å². The number of carbonyl (C=O) groups is 1. The quantitative estimate of drug-likeness (QED) is 0.534. The van der Waals surface area contributed by atoms with Crippen LogP contribution in [0.25, 0.3) is 0 Å². The molecule has 1 heterocycles. The minimum atomic E-state index is -6.05. The zero-order valence-corrected chi connectivity index (χ0v) is 13.8. The monoisotopic (exact) mass is 355 g/mol. The predicted octanol–water partition coefficient (Wildman–Crippen LogP) is 1.52. The molecule has 0 radical (unpaired) electrons. The first-order valence-corrected chi connectivity index (χ1v) is 8.58. The van der Waals surface area contributed by atoms with E-state index in [0.29, 0.717) is 0 Å². The summed E-state index contributed by atoms with van der Waals surface area (Å²) in [5, 5.41) is 19.5. The van der Waals surface area contributed by atoms with Gasteiger partial charge in [-0.05, 0) is 20.3 Å². The molecule has 0 aliphatic carbocycles. The molecule has 1 aliphatic heterocycles. The summed E-state index contributed by atoms with van der Waals surface area (Å²) in [4.78, 5) is 31.1. The first-order chi connectivity index (χ1) is 10.5. The highest BCUT2D eigenvalue weighted by Crippen LogP contribution is 2.55. The summed E-state index contributed by atoms with van der Waals surface area (Å²) in [6.45, 7) is 4.17. The fourth-order valence-corrected chi connectivity index (χ4v) is 3.01. The van der Waals surface area contributed by atoms with Crippen molar-refractivity contribution in [2.45, 2.75) is 38.9 Å². The Morgan fingerprint density at radius 2 is 1.87 bits per heavy atom. The topological polar surface area (TPSA) is 118 Å². The zero-order valence-electron chi connectivity index (χ0n) is 13.0. The Hall–Kier alpha value is -1.28. The van der Waals surface area contributed by atoms with Gasteiger partial charge in [-0.25, -0.2) is 0 Å². The number of halogens is 2. The van der Waals surface area contributed by atoms with E-state index in [1.165, 1.54) is 4.90 Å². The van der Waals surface area contributed by atoms with Gasteiger partial charge in [-0.3, -0.25) is 9.36 Å². The van der Waals surface area contributed by atoms with Crippen molar-refractivity contribution < 1.29 is 38.1 Å². The Kier molecular flexibility index (Phi) is 5.74. The molecule has 0 aromatic heterocycles. The summed E-state index contributed by atoms with van der Waals surface area (Å²) >= 11 is 0. The third kappa shape index (κ3) is 3.19. The van der Waals surface area contributed by atoms with E-state index in [1.54, 1.807) is 20.8 Å². The van der Waals surface area contributed by atoms with Crippen molar-refractivity contribution in [1.29, 1.82) is 0 Å². The first kappa shape index (κ1) is 19.8. The molecule has 0 spiro atoms. The summed E-state index contributed by atoms with van der Waals surface area (Å²) in [5.41, 5.74) is -6.01. The molecule has 0 fully saturated rings. The predicted molar refractivity (Wildman–Crippen MR) is 77.9 cm³/mol. The molecule has 4 N–H and O–H groups in total. The number of aliphatic hydroxyl groups is 2. The Morgan fingerprint density at radius 1 is 1.35 bits per heavy atom. The maximum absolute atomic E-state index is 13.8. The molecule has 1 atom stereocenters. The Labute approximate surface area is 132 Å². The molecule has 0 bridgehead atoms. The van der Waals surface area contributed by atoms with E-state index in [-0.39, 0.29) is 18.7 Å². The van der Waals surface area contributed by atoms with Gasteiger partial charge >= 0.3 is 13.3 Å². The van der Waals surface area contributed by atoms with Gasteiger partial charge in [0.25, 0.3) is 0 Å². The molecular formula is C13H20F2NO6P. The number of carbonyl (C=O) groups excluding carboxylic acids is 1. The summed E-state index contributed by atoms with van der Waals surface area (Å²) in [6.07, 6.45) is 0.104. The minimum absolute atomic E-state index is 0.0972. The number of aliphatic hydroxyl groups excluding tert-OH is 2. The molecular weight excluding hydrogens is 335 g/mol. The maximum atomic E-state index is 13.8. The number of nitrogens with zero attached hydrogens (tertiary/aromatic N) is 1. The number of hydrogen-bond donors (Lipinski definition) is 4. The Balaban J connectivity index is 3.66. The van der Waals surface area contributed by atoms with Crippen LogP contribution in [0.1, 0.15) is 27.2 Å². The van der Waals surface area contributed by atoms with E-state index in [2.05, 4.69) is 0 Å². The molecule has 10 heteroatoms. The van der Waals surface area contributed by atoms with E-state index in [9.17, 15) is 28.4 Å². The van der Waals surface area contributed by atoms with Gasteiger partial charge in [-0.15, -0.1) is 0 Å². The van der Waals surface area contributed by atoms with Crippen LogP contribution in [0.4, 0.5) is 8.78 Å². The maximum Gasteiger partial charge on any atom is 0.407 e. The van der Waals surface area contributed by atoms with Gasteiger partial charge in [0, 0.05) is 17.8 Å². The van der Waals surface area contributed by atoms with Crippen LogP contribution in [0, 0.1) is 0 Å². The number of hydrogen-bond acceptors (Lipinski definition) is 5. The van der Waals surface area contributed by atoms with Crippen LogP contribution in [-0.4, -0.2) is 55.5 Å². The molecule has 132 valence electrons. The SMILES string of the molecule is CCC1=C(C(=O)C(F)(F)P(=O)(O)O)C(CO)=C(O)C(C)N1CC. The number of likely N-dealkylation sites (N-methyl/N-ethyl adjacent to an activating group) is 1. The van der Waals surface area contributed by atoms with Crippen LogP contribution < -0.4 is 0 Å².